The van der Waals surface area contributed by atoms with Crippen LogP contribution in [0.1, 0.15) is 20.8 Å². The summed E-state index contributed by atoms with van der Waals surface area (Å²) in [5.74, 6) is 0. The maximum absolute atomic E-state index is 9.17. The Hall–Kier alpha value is -0.630. The number of hydrogen-bond acceptors (Lipinski definition) is 2. The van der Waals surface area contributed by atoms with E-state index in [4.69, 9.17) is 5.11 Å². The van der Waals surface area contributed by atoms with Crippen LogP contribution in [0.25, 0.3) is 0 Å². The van der Waals surface area contributed by atoms with Crippen LogP contribution in [-0.4, -0.2) is 23.5 Å². The van der Waals surface area contributed by atoms with Crippen LogP contribution in [0.4, 0.5) is 0 Å². The summed E-state index contributed by atoms with van der Waals surface area (Å²) < 4.78 is 0. The van der Waals surface area contributed by atoms with Crippen molar-refractivity contribution in [2.75, 3.05) is 6.54 Å². The van der Waals surface area contributed by atoms with E-state index >= 15 is 0 Å². The molecule has 0 saturated heterocycles. The Bertz CT molecular complexity index is 202. The van der Waals surface area contributed by atoms with Crippen molar-refractivity contribution < 1.29 is 5.11 Å². The number of aliphatic hydroxyl groups is 1. The molecule has 0 aliphatic carbocycles. The van der Waals surface area contributed by atoms with Gasteiger partial charge < -0.3 is 5.11 Å². The summed E-state index contributed by atoms with van der Waals surface area (Å²) in [4.78, 5) is 4.26. The molecule has 0 aromatic carbocycles. The van der Waals surface area contributed by atoms with Gasteiger partial charge in [0, 0.05) is 12.0 Å². The van der Waals surface area contributed by atoms with Gasteiger partial charge in [0.15, 0.2) is 0 Å². The molecule has 2 nitrogen and oxygen atoms in total. The Kier molecular flexibility index (Phi) is 2.14. The Morgan fingerprint density at radius 1 is 1.64 bits per heavy atom. The van der Waals surface area contributed by atoms with Gasteiger partial charge >= 0.3 is 0 Å². The van der Waals surface area contributed by atoms with E-state index in [2.05, 4.69) is 24.9 Å². The summed E-state index contributed by atoms with van der Waals surface area (Å²) in [5, 5.41) is 9.17. The van der Waals surface area contributed by atoms with Crippen molar-refractivity contribution >= 4 is 5.71 Å². The van der Waals surface area contributed by atoms with E-state index in [9.17, 15) is 0 Å². The topological polar surface area (TPSA) is 32.6 Å². The van der Waals surface area contributed by atoms with E-state index in [-0.39, 0.29) is 5.41 Å². The van der Waals surface area contributed by atoms with Crippen LogP contribution in [0, 0.1) is 5.41 Å². The van der Waals surface area contributed by atoms with Crippen molar-refractivity contribution in [3.63, 3.8) is 0 Å². The Balaban J connectivity index is 2.68. The smallest absolute Gasteiger partial charge is 0.0927 e. The lowest BCUT2D eigenvalue weighted by atomic mass is 9.90. The molecular formula is C9H15NO. The van der Waals surface area contributed by atoms with Crippen molar-refractivity contribution in [1.29, 1.82) is 0 Å². The second-order valence-corrected chi connectivity index (χ2v) is 3.74. The molecule has 0 aromatic rings. The average molecular weight is 153 g/mol. The minimum Gasteiger partial charge on any atom is -0.387 e. The minimum absolute atomic E-state index is 0.165. The molecule has 1 atom stereocenters. The van der Waals surface area contributed by atoms with Crippen molar-refractivity contribution in [1.82, 2.24) is 0 Å². The zero-order chi connectivity index (χ0) is 8.48. The van der Waals surface area contributed by atoms with Crippen LogP contribution >= 0.6 is 0 Å². The van der Waals surface area contributed by atoms with Crippen LogP contribution in [0.2, 0.25) is 0 Å². The molecule has 2 heteroatoms. The Labute approximate surface area is 67.7 Å². The summed E-state index contributed by atoms with van der Waals surface area (Å²) in [7, 11) is 0. The first-order valence-electron chi connectivity index (χ1n) is 3.93. The lowest BCUT2D eigenvalue weighted by molar-refractivity contribution is 0.261. The maximum Gasteiger partial charge on any atom is 0.0927 e. The first kappa shape index (κ1) is 8.47. The van der Waals surface area contributed by atoms with E-state index in [1.54, 1.807) is 6.92 Å². The van der Waals surface area contributed by atoms with Gasteiger partial charge in [-0.2, -0.15) is 0 Å². The van der Waals surface area contributed by atoms with E-state index in [0.29, 0.717) is 0 Å². The second-order valence-electron chi connectivity index (χ2n) is 3.74. The fourth-order valence-corrected chi connectivity index (χ4v) is 0.983. The van der Waals surface area contributed by atoms with Crippen LogP contribution in [-0.2, 0) is 0 Å². The zero-order valence-corrected chi connectivity index (χ0v) is 7.33. The van der Waals surface area contributed by atoms with Crippen molar-refractivity contribution in [3.8, 4) is 0 Å². The van der Waals surface area contributed by atoms with E-state index in [1.165, 1.54) is 0 Å². The van der Waals surface area contributed by atoms with Gasteiger partial charge in [-0.05, 0) is 13.0 Å². The fourth-order valence-electron chi connectivity index (χ4n) is 0.983. The Morgan fingerprint density at radius 2 is 2.27 bits per heavy atom. The van der Waals surface area contributed by atoms with Crippen molar-refractivity contribution in [2.45, 2.75) is 26.9 Å². The van der Waals surface area contributed by atoms with E-state index in [0.717, 1.165) is 12.3 Å². The highest BCUT2D eigenvalue weighted by Gasteiger charge is 2.18. The summed E-state index contributed by atoms with van der Waals surface area (Å²) in [5.41, 5.74) is 0.961. The van der Waals surface area contributed by atoms with Crippen LogP contribution in [0.15, 0.2) is 17.1 Å². The van der Waals surface area contributed by atoms with Crippen molar-refractivity contribution in [2.24, 2.45) is 10.4 Å². The highest BCUT2D eigenvalue weighted by atomic mass is 16.3. The summed E-state index contributed by atoms with van der Waals surface area (Å²) in [6.45, 7) is 6.78. The number of dihydropyridines is 1. The largest absolute Gasteiger partial charge is 0.387 e. The average Bonchev–Trinajstić information content (AvgIpc) is 1.86. The molecule has 0 spiro atoms. The monoisotopic (exact) mass is 153 g/mol. The van der Waals surface area contributed by atoms with Gasteiger partial charge in [-0.15, -0.1) is 0 Å². The predicted molar refractivity (Wildman–Crippen MR) is 46.9 cm³/mol. The molecule has 0 radical (unpaired) electrons. The third-order valence-corrected chi connectivity index (χ3v) is 1.80. The lowest BCUT2D eigenvalue weighted by Gasteiger charge is -2.22. The number of nitrogens with zero attached hydrogens (tertiary/aromatic N) is 1. The molecule has 1 N–H and O–H groups in total. The molecule has 1 aliphatic heterocycles. The zero-order valence-electron chi connectivity index (χ0n) is 7.33. The molecule has 1 rings (SSSR count). The lowest BCUT2D eigenvalue weighted by Crippen LogP contribution is -2.23. The Morgan fingerprint density at radius 3 is 2.64 bits per heavy atom. The molecule has 0 bridgehead atoms. The first-order valence-corrected chi connectivity index (χ1v) is 3.93. The van der Waals surface area contributed by atoms with Gasteiger partial charge in [0.1, 0.15) is 0 Å². The molecule has 62 valence electrons. The van der Waals surface area contributed by atoms with E-state index in [1.807, 2.05) is 6.08 Å². The fraction of sp³-hybridized carbons (Fsp3) is 0.667. The van der Waals surface area contributed by atoms with Gasteiger partial charge in [0.05, 0.1) is 11.8 Å². The van der Waals surface area contributed by atoms with Gasteiger partial charge in [-0.25, -0.2) is 0 Å². The molecule has 0 fully saturated rings. The predicted octanol–water partition coefficient (Wildman–Crippen LogP) is 1.40. The summed E-state index contributed by atoms with van der Waals surface area (Å²) in [6, 6.07) is 0. The first-order chi connectivity index (χ1) is 5.01. The SMILES string of the molecule is CC(O)C1=NCC(C)(C)C=C1. The van der Waals surface area contributed by atoms with Gasteiger partial charge in [0.2, 0.25) is 0 Å². The number of hydrogen-bond donors (Lipinski definition) is 1. The molecule has 1 unspecified atom stereocenters. The molecule has 11 heavy (non-hydrogen) atoms. The molecule has 0 aromatic heterocycles. The number of aliphatic hydroxyl groups excluding tert-OH is 1. The maximum atomic E-state index is 9.17. The van der Waals surface area contributed by atoms with E-state index < -0.39 is 6.10 Å². The molecule has 1 heterocycles. The van der Waals surface area contributed by atoms with Crippen LogP contribution in [0.3, 0.4) is 0 Å². The standard InChI is InChI=1S/C9H15NO/c1-7(11)8-4-5-9(2,3)6-10-8/h4-5,7,11H,6H2,1-3H3. The number of rotatable bonds is 1. The minimum atomic E-state index is -0.428. The summed E-state index contributed by atoms with van der Waals surface area (Å²) >= 11 is 0. The van der Waals surface area contributed by atoms with Crippen LogP contribution in [0.5, 0.6) is 0 Å². The highest BCUT2D eigenvalue weighted by molar-refractivity contribution is 5.98. The molecular weight excluding hydrogens is 138 g/mol. The third-order valence-electron chi connectivity index (χ3n) is 1.80. The number of aliphatic imine (C=N–C) groups is 1. The molecule has 1 aliphatic rings. The quantitative estimate of drug-likeness (QED) is 0.607. The van der Waals surface area contributed by atoms with Gasteiger partial charge in [-0.3, -0.25) is 4.99 Å². The highest BCUT2D eigenvalue weighted by Crippen LogP contribution is 2.21. The van der Waals surface area contributed by atoms with Crippen molar-refractivity contribution in [3.05, 3.63) is 12.2 Å². The third kappa shape index (κ3) is 2.15. The van der Waals surface area contributed by atoms with Crippen LogP contribution < -0.4 is 0 Å². The molecule has 0 amide bonds. The summed E-state index contributed by atoms with van der Waals surface area (Å²) in [6.07, 6.45) is 3.58. The van der Waals surface area contributed by atoms with Gasteiger partial charge in [0.25, 0.3) is 0 Å². The van der Waals surface area contributed by atoms with Gasteiger partial charge in [-0.1, -0.05) is 19.9 Å². The molecule has 0 saturated carbocycles. The second kappa shape index (κ2) is 2.78. The normalized spacial score (nSPS) is 24.5.